The van der Waals surface area contributed by atoms with Crippen LogP contribution in [0.2, 0.25) is 5.02 Å². The summed E-state index contributed by atoms with van der Waals surface area (Å²) in [5, 5.41) is 0.616. The maximum Gasteiger partial charge on any atom is 0.259 e. The topological polar surface area (TPSA) is 63.7 Å². The predicted octanol–water partition coefficient (Wildman–Crippen LogP) is 3.33. The van der Waals surface area contributed by atoms with Crippen molar-refractivity contribution >= 4 is 35.1 Å². The Balaban J connectivity index is 1.81. The van der Waals surface area contributed by atoms with Crippen LogP contribution in [-0.2, 0) is 0 Å². The predicted molar refractivity (Wildman–Crippen MR) is 94.2 cm³/mol. The number of nitrogens with zero attached hydrogens (tertiary/aromatic N) is 2. The molecule has 0 unspecified atom stereocenters. The number of ether oxygens (including phenoxy) is 2. The summed E-state index contributed by atoms with van der Waals surface area (Å²) in [6, 6.07) is 7.10. The van der Waals surface area contributed by atoms with Gasteiger partial charge < -0.3 is 19.1 Å². The van der Waals surface area contributed by atoms with Crippen LogP contribution in [-0.4, -0.2) is 43.1 Å². The minimum absolute atomic E-state index is 0.107. The summed E-state index contributed by atoms with van der Waals surface area (Å²) in [4.78, 5) is 19.0. The molecule has 1 aromatic carbocycles. The van der Waals surface area contributed by atoms with Gasteiger partial charge in [-0.15, -0.1) is 0 Å². The zero-order valence-electron chi connectivity index (χ0n) is 13.2. The molecular formula is C16H16ClN3O3S. The average molecular weight is 366 g/mol. The number of carbonyl (C=O) groups is 1. The van der Waals surface area contributed by atoms with E-state index in [0.717, 1.165) is 4.90 Å². The molecule has 1 aromatic heterocycles. The van der Waals surface area contributed by atoms with Crippen LogP contribution in [0.25, 0.3) is 0 Å². The highest BCUT2D eigenvalue weighted by molar-refractivity contribution is 8.00. The van der Waals surface area contributed by atoms with Crippen LogP contribution in [0.3, 0.4) is 0 Å². The van der Waals surface area contributed by atoms with Gasteiger partial charge in [-0.3, -0.25) is 4.79 Å². The van der Waals surface area contributed by atoms with Gasteiger partial charge in [0, 0.05) is 12.1 Å². The number of aromatic nitrogens is 1. The number of carbonyl (C=O) groups excluding carboxylic acids is 1. The van der Waals surface area contributed by atoms with Gasteiger partial charge in [-0.2, -0.15) is 0 Å². The second-order valence-corrected chi connectivity index (χ2v) is 6.44. The minimum atomic E-state index is -0.107. The Labute approximate surface area is 149 Å². The third-order valence-electron chi connectivity index (χ3n) is 3.50. The third-order valence-corrected chi connectivity index (χ3v) is 4.61. The Kier molecular flexibility index (Phi) is 5.01. The maximum atomic E-state index is 12.3. The fourth-order valence-electron chi connectivity index (χ4n) is 2.21. The van der Waals surface area contributed by atoms with Crippen LogP contribution < -0.4 is 14.2 Å². The molecule has 6 nitrogen and oxygen atoms in total. The third kappa shape index (κ3) is 3.52. The molecule has 1 amide bonds. The molecule has 0 fully saturated rings. The molecule has 0 saturated heterocycles. The lowest BCUT2D eigenvalue weighted by Gasteiger charge is -2.13. The van der Waals surface area contributed by atoms with E-state index in [-0.39, 0.29) is 5.91 Å². The first kappa shape index (κ1) is 16.7. The summed E-state index contributed by atoms with van der Waals surface area (Å²) in [6.07, 6.45) is 1.63. The maximum absolute atomic E-state index is 12.3. The number of benzene rings is 1. The van der Waals surface area contributed by atoms with Gasteiger partial charge in [0.1, 0.15) is 17.9 Å². The summed E-state index contributed by atoms with van der Waals surface area (Å²) in [5.41, 5.74) is 1.13. The monoisotopic (exact) mass is 365 g/mol. The lowest BCUT2D eigenvalue weighted by Crippen LogP contribution is -2.27. The Morgan fingerprint density at radius 1 is 1.42 bits per heavy atom. The van der Waals surface area contributed by atoms with E-state index >= 15 is 0 Å². The molecule has 0 radical (unpaired) electrons. The first-order valence-electron chi connectivity index (χ1n) is 7.23. The summed E-state index contributed by atoms with van der Waals surface area (Å²) in [5.74, 6) is 0.961. The van der Waals surface area contributed by atoms with Crippen molar-refractivity contribution in [3.8, 4) is 11.6 Å². The normalized spacial score (nSPS) is 13.8. The fourth-order valence-corrected chi connectivity index (χ4v) is 3.22. The van der Waals surface area contributed by atoms with E-state index in [1.54, 1.807) is 49.5 Å². The van der Waals surface area contributed by atoms with Crippen molar-refractivity contribution in [2.45, 2.75) is 4.90 Å². The van der Waals surface area contributed by atoms with E-state index in [0.29, 0.717) is 41.1 Å². The van der Waals surface area contributed by atoms with Crippen LogP contribution >= 0.6 is 23.5 Å². The van der Waals surface area contributed by atoms with Crippen LogP contribution in [0.4, 0.5) is 5.69 Å². The first-order valence-corrected chi connectivity index (χ1v) is 8.42. The molecule has 0 spiro atoms. The lowest BCUT2D eigenvalue weighted by molar-refractivity contribution is 0.0797. The number of hydrogen-bond donors (Lipinski definition) is 1. The molecule has 24 heavy (non-hydrogen) atoms. The molecule has 0 saturated carbocycles. The van der Waals surface area contributed by atoms with Gasteiger partial charge in [-0.05, 0) is 36.2 Å². The number of rotatable bonds is 4. The molecule has 0 bridgehead atoms. The number of hydrogen-bond acceptors (Lipinski definition) is 6. The second-order valence-electron chi connectivity index (χ2n) is 5.15. The Bertz CT molecular complexity index is 772. The first-order chi connectivity index (χ1) is 11.6. The molecule has 0 aliphatic carbocycles. The smallest absolute Gasteiger partial charge is 0.259 e. The number of fused-ring (bicyclic) bond motifs is 1. The van der Waals surface area contributed by atoms with E-state index in [4.69, 9.17) is 21.1 Å². The molecule has 1 aliphatic rings. The number of nitrogens with one attached hydrogen (secondary N) is 1. The van der Waals surface area contributed by atoms with Gasteiger partial charge >= 0.3 is 0 Å². The number of methoxy groups -OCH3 is 1. The summed E-state index contributed by atoms with van der Waals surface area (Å²) >= 11 is 7.36. The molecular weight excluding hydrogens is 350 g/mol. The van der Waals surface area contributed by atoms with Crippen molar-refractivity contribution in [2.75, 3.05) is 32.0 Å². The SMILES string of the molecule is COc1ccc(Cl)cc1SNc1cnc2c(c1)C(=O)N(C)CCO2. The highest BCUT2D eigenvalue weighted by Gasteiger charge is 2.22. The number of anilines is 1. The van der Waals surface area contributed by atoms with Gasteiger partial charge in [-0.25, -0.2) is 4.98 Å². The molecule has 0 atom stereocenters. The van der Waals surface area contributed by atoms with E-state index in [9.17, 15) is 4.79 Å². The van der Waals surface area contributed by atoms with E-state index in [1.807, 2.05) is 0 Å². The molecule has 2 heterocycles. The minimum Gasteiger partial charge on any atom is -0.496 e. The van der Waals surface area contributed by atoms with Crippen LogP contribution in [0.1, 0.15) is 10.4 Å². The lowest BCUT2D eigenvalue weighted by atomic mass is 10.2. The molecule has 1 aliphatic heterocycles. The number of likely N-dealkylation sites (N-methyl/N-ethyl adjacent to an activating group) is 1. The van der Waals surface area contributed by atoms with Crippen LogP contribution in [0.15, 0.2) is 35.4 Å². The standard InChI is InChI=1S/C16H16ClN3O3S/c1-20-5-6-23-15-12(16(20)21)8-11(9-18-15)19-24-14-7-10(17)3-4-13(14)22-2/h3-4,7-9,19H,5-6H2,1-2H3. The number of pyridine rings is 1. The van der Waals surface area contributed by atoms with Crippen molar-refractivity contribution in [2.24, 2.45) is 0 Å². The highest BCUT2D eigenvalue weighted by atomic mass is 35.5. The highest BCUT2D eigenvalue weighted by Crippen LogP contribution is 2.33. The number of halogens is 1. The Morgan fingerprint density at radius 3 is 3.04 bits per heavy atom. The Hall–Kier alpha value is -2.12. The zero-order valence-corrected chi connectivity index (χ0v) is 14.8. The zero-order chi connectivity index (χ0) is 17.1. The average Bonchev–Trinajstić information content (AvgIpc) is 2.72. The van der Waals surface area contributed by atoms with Crippen molar-refractivity contribution in [1.29, 1.82) is 0 Å². The van der Waals surface area contributed by atoms with Crippen LogP contribution in [0.5, 0.6) is 11.6 Å². The van der Waals surface area contributed by atoms with Crippen molar-refractivity contribution < 1.29 is 14.3 Å². The summed E-state index contributed by atoms with van der Waals surface area (Å²) < 4.78 is 14.0. The van der Waals surface area contributed by atoms with E-state index in [1.165, 1.54) is 11.9 Å². The van der Waals surface area contributed by atoms with Gasteiger partial charge in [0.2, 0.25) is 5.88 Å². The molecule has 126 valence electrons. The van der Waals surface area contributed by atoms with Gasteiger partial charge in [0.25, 0.3) is 5.91 Å². The quantitative estimate of drug-likeness (QED) is 0.838. The van der Waals surface area contributed by atoms with Crippen molar-refractivity contribution in [3.05, 3.63) is 41.0 Å². The largest absolute Gasteiger partial charge is 0.496 e. The van der Waals surface area contributed by atoms with Gasteiger partial charge in [0.15, 0.2) is 0 Å². The van der Waals surface area contributed by atoms with Gasteiger partial charge in [-0.1, -0.05) is 11.6 Å². The Morgan fingerprint density at radius 2 is 2.25 bits per heavy atom. The molecule has 3 rings (SSSR count). The molecule has 8 heteroatoms. The summed E-state index contributed by atoms with van der Waals surface area (Å²) in [6.45, 7) is 0.968. The van der Waals surface area contributed by atoms with Crippen molar-refractivity contribution in [3.63, 3.8) is 0 Å². The molecule has 2 aromatic rings. The van der Waals surface area contributed by atoms with Crippen molar-refractivity contribution in [1.82, 2.24) is 9.88 Å². The van der Waals surface area contributed by atoms with E-state index < -0.39 is 0 Å². The van der Waals surface area contributed by atoms with Gasteiger partial charge in [0.05, 0.1) is 30.4 Å². The fraction of sp³-hybridized carbons (Fsp3) is 0.250. The number of amides is 1. The second kappa shape index (κ2) is 7.19. The molecule has 1 N–H and O–H groups in total. The van der Waals surface area contributed by atoms with Crippen LogP contribution in [0, 0.1) is 0 Å². The summed E-state index contributed by atoms with van der Waals surface area (Å²) in [7, 11) is 3.34. The van der Waals surface area contributed by atoms with E-state index in [2.05, 4.69) is 9.71 Å².